The molecular formula is C24H46BrCl2N4O+. The van der Waals surface area contributed by atoms with Crippen LogP contribution in [0.25, 0.3) is 0 Å². The Morgan fingerprint density at radius 2 is 0.906 bits per heavy atom. The summed E-state index contributed by atoms with van der Waals surface area (Å²) in [7, 11) is 6.85. The van der Waals surface area contributed by atoms with Crippen LogP contribution in [0.2, 0.25) is 10.6 Å². The van der Waals surface area contributed by atoms with E-state index in [9.17, 15) is 0 Å². The molecule has 0 aliphatic carbocycles. The van der Waals surface area contributed by atoms with Gasteiger partial charge in [-0.3, -0.25) is 0 Å². The Kier molecular flexibility index (Phi) is 20.1. The first kappa shape index (κ1) is 31.8. The van der Waals surface area contributed by atoms with Gasteiger partial charge in [-0.15, -0.1) is 17.0 Å². The molecule has 5 nitrogen and oxygen atoms in total. The highest BCUT2D eigenvalue weighted by atomic mass is 79.9. The first-order chi connectivity index (χ1) is 14.9. The van der Waals surface area contributed by atoms with E-state index in [0.717, 1.165) is 10.9 Å². The summed E-state index contributed by atoms with van der Waals surface area (Å²) in [6.45, 7) is 1.90. The smallest absolute Gasteiger partial charge is 0.322 e. The van der Waals surface area contributed by atoms with Crippen LogP contribution < -0.4 is 4.74 Å². The van der Waals surface area contributed by atoms with Crippen molar-refractivity contribution in [2.75, 3.05) is 34.3 Å². The molecule has 1 rings (SSSR count). The van der Waals surface area contributed by atoms with Crippen LogP contribution in [-0.4, -0.2) is 53.7 Å². The van der Waals surface area contributed by atoms with Gasteiger partial charge in [0.1, 0.15) is 0 Å². The lowest BCUT2D eigenvalue weighted by atomic mass is 10.0. The predicted molar refractivity (Wildman–Crippen MR) is 142 cm³/mol. The number of rotatable bonds is 20. The lowest BCUT2D eigenvalue weighted by molar-refractivity contribution is -0.870. The minimum Gasteiger partial charge on any atom is -0.463 e. The van der Waals surface area contributed by atoms with Crippen LogP contribution in [0, 0.1) is 0 Å². The van der Waals surface area contributed by atoms with E-state index in [2.05, 4.69) is 36.1 Å². The van der Waals surface area contributed by atoms with Gasteiger partial charge in [-0.1, -0.05) is 83.5 Å². The Bertz CT molecular complexity index is 553. The summed E-state index contributed by atoms with van der Waals surface area (Å²) in [4.78, 5) is 11.5. The van der Waals surface area contributed by atoms with Gasteiger partial charge in [-0.25, -0.2) is 0 Å². The molecule has 0 radical (unpaired) electrons. The Hall–Kier alpha value is -0.170. The highest BCUT2D eigenvalue weighted by molar-refractivity contribution is 8.93. The van der Waals surface area contributed by atoms with Crippen molar-refractivity contribution < 1.29 is 9.22 Å². The topological polar surface area (TPSA) is 47.9 Å². The van der Waals surface area contributed by atoms with Crippen LogP contribution in [-0.2, 0) is 0 Å². The zero-order chi connectivity index (χ0) is 22.8. The first-order valence-electron chi connectivity index (χ1n) is 12.4. The van der Waals surface area contributed by atoms with E-state index in [1.165, 1.54) is 103 Å². The molecule has 0 N–H and O–H groups in total. The average molecular weight is 557 g/mol. The van der Waals surface area contributed by atoms with Crippen LogP contribution in [0.1, 0.15) is 103 Å². The van der Waals surface area contributed by atoms with Gasteiger partial charge in [0.05, 0.1) is 34.3 Å². The van der Waals surface area contributed by atoms with E-state index in [-0.39, 0.29) is 33.6 Å². The van der Waals surface area contributed by atoms with Crippen molar-refractivity contribution in [1.82, 2.24) is 15.0 Å². The molecule has 8 heteroatoms. The summed E-state index contributed by atoms with van der Waals surface area (Å²) in [5, 5.41) is 0.133. The van der Waals surface area contributed by atoms with E-state index in [1.807, 2.05) is 0 Å². The standard InChI is InChI=1S/C24H45Cl2N4O.BrH/c1-30(2,3)20-18-16-14-12-10-8-6-4-5-7-9-11-13-15-17-19-21-31-24-28-22(25)27-23(26)29-24;/h4-21H2,1-3H3;1H/q+1;. The van der Waals surface area contributed by atoms with Gasteiger partial charge in [0.2, 0.25) is 10.6 Å². The minimum absolute atomic E-state index is 0. The summed E-state index contributed by atoms with van der Waals surface area (Å²) in [5.74, 6) is 0. The summed E-state index contributed by atoms with van der Waals surface area (Å²) < 4.78 is 6.57. The maximum atomic E-state index is 5.72. The van der Waals surface area contributed by atoms with Crippen molar-refractivity contribution in [3.8, 4) is 6.01 Å². The van der Waals surface area contributed by atoms with Gasteiger partial charge in [0, 0.05) is 0 Å². The molecule has 188 valence electrons. The molecule has 1 heterocycles. The zero-order valence-corrected chi connectivity index (χ0v) is 23.8. The third-order valence-electron chi connectivity index (χ3n) is 5.51. The zero-order valence-electron chi connectivity index (χ0n) is 20.6. The lowest BCUT2D eigenvalue weighted by Crippen LogP contribution is -2.35. The fourth-order valence-corrected chi connectivity index (χ4v) is 4.05. The van der Waals surface area contributed by atoms with Crippen LogP contribution >= 0.6 is 40.2 Å². The average Bonchev–Trinajstić information content (AvgIpc) is 2.68. The number of quaternary nitrogens is 1. The highest BCUT2D eigenvalue weighted by Crippen LogP contribution is 2.15. The Morgan fingerprint density at radius 3 is 1.28 bits per heavy atom. The molecule has 0 saturated heterocycles. The fourth-order valence-electron chi connectivity index (χ4n) is 3.70. The number of hydrogen-bond acceptors (Lipinski definition) is 4. The Balaban J connectivity index is 0.00000961. The number of halogens is 3. The fraction of sp³-hybridized carbons (Fsp3) is 0.875. The van der Waals surface area contributed by atoms with Crippen LogP contribution in [0.15, 0.2) is 0 Å². The number of nitrogens with zero attached hydrogens (tertiary/aromatic N) is 4. The van der Waals surface area contributed by atoms with Gasteiger partial charge in [-0.05, 0) is 42.5 Å². The van der Waals surface area contributed by atoms with Crippen molar-refractivity contribution in [3.05, 3.63) is 10.6 Å². The van der Waals surface area contributed by atoms with Crippen molar-refractivity contribution in [2.24, 2.45) is 0 Å². The van der Waals surface area contributed by atoms with E-state index in [0.29, 0.717) is 6.61 Å². The molecule has 0 atom stereocenters. The van der Waals surface area contributed by atoms with Crippen molar-refractivity contribution >= 4 is 40.2 Å². The van der Waals surface area contributed by atoms with Crippen molar-refractivity contribution in [1.29, 1.82) is 0 Å². The van der Waals surface area contributed by atoms with Gasteiger partial charge in [-0.2, -0.15) is 15.0 Å². The lowest BCUT2D eigenvalue weighted by Gasteiger charge is -2.23. The van der Waals surface area contributed by atoms with Crippen molar-refractivity contribution in [3.63, 3.8) is 0 Å². The molecule has 1 aromatic rings. The Labute approximate surface area is 217 Å². The van der Waals surface area contributed by atoms with Gasteiger partial charge in [0.25, 0.3) is 0 Å². The van der Waals surface area contributed by atoms with Crippen LogP contribution in [0.5, 0.6) is 6.01 Å². The second kappa shape index (κ2) is 20.2. The number of aromatic nitrogens is 3. The Morgan fingerprint density at radius 1 is 0.562 bits per heavy atom. The molecule has 0 spiro atoms. The molecule has 0 unspecified atom stereocenters. The third-order valence-corrected chi connectivity index (χ3v) is 5.85. The molecule has 0 fully saturated rings. The van der Waals surface area contributed by atoms with Crippen LogP contribution in [0.4, 0.5) is 0 Å². The monoisotopic (exact) mass is 555 g/mol. The molecule has 0 saturated carbocycles. The molecule has 0 amide bonds. The normalized spacial score (nSPS) is 11.4. The van der Waals surface area contributed by atoms with E-state index in [4.69, 9.17) is 27.9 Å². The molecule has 0 aliphatic rings. The van der Waals surface area contributed by atoms with E-state index in [1.54, 1.807) is 0 Å². The van der Waals surface area contributed by atoms with E-state index >= 15 is 0 Å². The second-order valence-electron chi connectivity index (χ2n) is 9.68. The number of unbranched alkanes of at least 4 members (excludes halogenated alkanes) is 15. The molecular weight excluding hydrogens is 511 g/mol. The van der Waals surface area contributed by atoms with Gasteiger partial charge < -0.3 is 9.22 Å². The summed E-state index contributed by atoms with van der Waals surface area (Å²) >= 11 is 11.4. The van der Waals surface area contributed by atoms with E-state index < -0.39 is 0 Å². The SMILES string of the molecule is Br.C[N+](C)(C)CCCCCCCCCCCCCCCCCCOc1nc(Cl)nc(Cl)n1. The second-order valence-corrected chi connectivity index (χ2v) is 10.4. The van der Waals surface area contributed by atoms with Gasteiger partial charge in [0.15, 0.2) is 0 Å². The molecule has 1 aromatic heterocycles. The predicted octanol–water partition coefficient (Wildman–Crippen LogP) is 8.08. The third kappa shape index (κ3) is 20.4. The van der Waals surface area contributed by atoms with Crippen LogP contribution in [0.3, 0.4) is 0 Å². The summed E-state index contributed by atoms with van der Waals surface area (Å²) in [5.41, 5.74) is 0. The molecule has 0 aromatic carbocycles. The molecule has 0 aliphatic heterocycles. The van der Waals surface area contributed by atoms with Gasteiger partial charge >= 0.3 is 6.01 Å². The number of ether oxygens (including phenoxy) is 1. The minimum atomic E-state index is 0. The maximum absolute atomic E-state index is 5.72. The number of hydrogen-bond donors (Lipinski definition) is 0. The quantitative estimate of drug-likeness (QED) is 0.120. The highest BCUT2D eigenvalue weighted by Gasteiger charge is 2.05. The maximum Gasteiger partial charge on any atom is 0.322 e. The van der Waals surface area contributed by atoms with Crippen molar-refractivity contribution in [2.45, 2.75) is 103 Å². The summed E-state index contributed by atoms with van der Waals surface area (Å²) in [6, 6.07) is 0.209. The molecule has 0 bridgehead atoms. The first-order valence-corrected chi connectivity index (χ1v) is 13.1. The molecule has 32 heavy (non-hydrogen) atoms. The largest absolute Gasteiger partial charge is 0.463 e. The summed E-state index contributed by atoms with van der Waals surface area (Å²) in [6.07, 6.45) is 21.6.